The maximum absolute atomic E-state index is 11.9. The molecule has 20 heavy (non-hydrogen) atoms. The summed E-state index contributed by atoms with van der Waals surface area (Å²) < 4.78 is 9.85. The van der Waals surface area contributed by atoms with Gasteiger partial charge >= 0.3 is 12.1 Å². The van der Waals surface area contributed by atoms with Crippen LogP contribution in [0, 0.1) is 18.3 Å². The number of esters is 1. The van der Waals surface area contributed by atoms with Gasteiger partial charge < -0.3 is 9.47 Å². The Kier molecular flexibility index (Phi) is 5.53. The van der Waals surface area contributed by atoms with E-state index in [-0.39, 0.29) is 18.3 Å². The number of carbonyl (C=O) groups is 2. The minimum absolute atomic E-state index is 0.223. The molecule has 1 heterocycles. The van der Waals surface area contributed by atoms with Crippen LogP contribution in [0.15, 0.2) is 0 Å². The molecule has 7 heteroatoms. The zero-order chi connectivity index (χ0) is 15.3. The van der Waals surface area contributed by atoms with Gasteiger partial charge in [0.15, 0.2) is 0 Å². The summed E-state index contributed by atoms with van der Waals surface area (Å²) in [6, 6.07) is 1.97. The van der Waals surface area contributed by atoms with Crippen LogP contribution in [0.3, 0.4) is 0 Å². The van der Waals surface area contributed by atoms with E-state index in [2.05, 4.69) is 5.32 Å². The lowest BCUT2D eigenvalue weighted by Gasteiger charge is -2.06. The van der Waals surface area contributed by atoms with Gasteiger partial charge in [0.05, 0.1) is 18.3 Å². The number of nitrogens with zero attached hydrogens (tertiary/aromatic N) is 1. The fourth-order valence-electron chi connectivity index (χ4n) is 1.46. The van der Waals surface area contributed by atoms with Crippen LogP contribution in [0.2, 0.25) is 0 Å². The van der Waals surface area contributed by atoms with Gasteiger partial charge in [-0.3, -0.25) is 5.32 Å². The lowest BCUT2D eigenvalue weighted by Crippen LogP contribution is -2.13. The minimum Gasteiger partial charge on any atom is -0.459 e. The average molecular weight is 296 g/mol. The number of hydrogen-bond acceptors (Lipinski definition) is 6. The van der Waals surface area contributed by atoms with Gasteiger partial charge in [0.1, 0.15) is 15.9 Å². The molecular formula is C13H16N2O4S. The van der Waals surface area contributed by atoms with E-state index < -0.39 is 12.1 Å². The summed E-state index contributed by atoms with van der Waals surface area (Å²) in [7, 11) is 0. The monoisotopic (exact) mass is 296 g/mol. The first-order valence-electron chi connectivity index (χ1n) is 6.08. The third kappa shape index (κ3) is 3.71. The van der Waals surface area contributed by atoms with E-state index >= 15 is 0 Å². The molecule has 6 nitrogen and oxygen atoms in total. The minimum atomic E-state index is -0.658. The number of rotatable bonds is 4. The zero-order valence-electron chi connectivity index (χ0n) is 11.8. The van der Waals surface area contributed by atoms with E-state index in [0.29, 0.717) is 15.4 Å². The predicted molar refractivity (Wildman–Crippen MR) is 75.0 cm³/mol. The Morgan fingerprint density at radius 3 is 2.60 bits per heavy atom. The van der Waals surface area contributed by atoms with Crippen LogP contribution in [0.5, 0.6) is 0 Å². The maximum Gasteiger partial charge on any atom is 0.412 e. The van der Waals surface area contributed by atoms with E-state index in [1.165, 1.54) is 0 Å². The van der Waals surface area contributed by atoms with Crippen LogP contribution in [-0.4, -0.2) is 24.8 Å². The highest BCUT2D eigenvalue weighted by atomic mass is 32.1. The zero-order valence-corrected chi connectivity index (χ0v) is 12.6. The summed E-state index contributed by atoms with van der Waals surface area (Å²) in [6.45, 7) is 7.02. The van der Waals surface area contributed by atoms with Crippen molar-refractivity contribution in [3.8, 4) is 6.07 Å². The summed E-state index contributed by atoms with van der Waals surface area (Å²) in [5, 5.41) is 11.9. The normalized spacial score (nSPS) is 10.0. The summed E-state index contributed by atoms with van der Waals surface area (Å²) in [5.74, 6) is -0.504. The van der Waals surface area contributed by atoms with Crippen molar-refractivity contribution in [3.63, 3.8) is 0 Å². The standard InChI is InChI=1S/C13H16N2O4S/c1-5-18-13(17)15-11-9(6-14)8(4)10(20-11)12(16)19-7(2)3/h7H,5H2,1-4H3,(H,15,17). The van der Waals surface area contributed by atoms with E-state index in [4.69, 9.17) is 14.7 Å². The highest BCUT2D eigenvalue weighted by Crippen LogP contribution is 2.33. The van der Waals surface area contributed by atoms with Crippen molar-refractivity contribution in [2.75, 3.05) is 11.9 Å². The molecule has 1 aromatic heterocycles. The lowest BCUT2D eigenvalue weighted by molar-refractivity contribution is 0.0383. The molecule has 0 aromatic carbocycles. The molecule has 0 spiro atoms. The Hall–Kier alpha value is -2.07. The van der Waals surface area contributed by atoms with E-state index in [1.807, 2.05) is 6.07 Å². The molecule has 1 N–H and O–H groups in total. The smallest absolute Gasteiger partial charge is 0.412 e. The molecule has 1 amide bonds. The first-order chi connectivity index (χ1) is 9.40. The number of carbonyl (C=O) groups excluding carboxylic acids is 2. The number of hydrogen-bond donors (Lipinski definition) is 1. The molecule has 0 aliphatic rings. The molecule has 0 radical (unpaired) electrons. The van der Waals surface area contributed by atoms with Crippen molar-refractivity contribution in [1.82, 2.24) is 0 Å². The second-order valence-corrected chi connectivity index (χ2v) is 5.19. The number of thiophene rings is 1. The molecule has 1 rings (SSSR count). The number of ether oxygens (including phenoxy) is 2. The first-order valence-corrected chi connectivity index (χ1v) is 6.90. The summed E-state index contributed by atoms with van der Waals surface area (Å²) in [6.07, 6.45) is -0.912. The molecule has 0 aliphatic heterocycles. The van der Waals surface area contributed by atoms with Crippen molar-refractivity contribution < 1.29 is 19.1 Å². The van der Waals surface area contributed by atoms with Gasteiger partial charge in [-0.1, -0.05) is 0 Å². The fourth-order valence-corrected chi connectivity index (χ4v) is 2.48. The Bertz CT molecular complexity index is 557. The van der Waals surface area contributed by atoms with Gasteiger partial charge in [-0.2, -0.15) is 5.26 Å². The molecule has 0 unspecified atom stereocenters. The first kappa shape index (κ1) is 16.0. The maximum atomic E-state index is 11.9. The average Bonchev–Trinajstić information content (AvgIpc) is 2.65. The number of amides is 1. The van der Waals surface area contributed by atoms with Gasteiger partial charge in [-0.25, -0.2) is 9.59 Å². The number of nitrogens with one attached hydrogen (secondary N) is 1. The molecule has 0 saturated carbocycles. The van der Waals surface area contributed by atoms with Crippen molar-refractivity contribution >= 4 is 28.4 Å². The van der Waals surface area contributed by atoms with Gasteiger partial charge in [0.2, 0.25) is 0 Å². The van der Waals surface area contributed by atoms with Crippen LogP contribution in [-0.2, 0) is 9.47 Å². The summed E-state index contributed by atoms with van der Waals surface area (Å²) in [5.41, 5.74) is 0.744. The van der Waals surface area contributed by atoms with Crippen molar-refractivity contribution in [2.24, 2.45) is 0 Å². The topological polar surface area (TPSA) is 88.4 Å². The Morgan fingerprint density at radius 2 is 2.10 bits per heavy atom. The molecule has 108 valence electrons. The second kappa shape index (κ2) is 6.91. The van der Waals surface area contributed by atoms with Crippen LogP contribution >= 0.6 is 11.3 Å². The third-order valence-electron chi connectivity index (χ3n) is 2.28. The predicted octanol–water partition coefficient (Wildman–Crippen LogP) is 3.06. The van der Waals surface area contributed by atoms with Crippen molar-refractivity contribution in [3.05, 3.63) is 16.0 Å². The lowest BCUT2D eigenvalue weighted by atomic mass is 10.2. The SMILES string of the molecule is CCOC(=O)Nc1sc(C(=O)OC(C)C)c(C)c1C#N. The van der Waals surface area contributed by atoms with Gasteiger partial charge in [0, 0.05) is 0 Å². The van der Waals surface area contributed by atoms with Gasteiger partial charge in [-0.05, 0) is 33.3 Å². The second-order valence-electron chi connectivity index (χ2n) is 4.17. The van der Waals surface area contributed by atoms with Crippen molar-refractivity contribution in [2.45, 2.75) is 33.8 Å². The van der Waals surface area contributed by atoms with Crippen molar-refractivity contribution in [1.29, 1.82) is 5.26 Å². The molecule has 1 aromatic rings. The molecule has 0 saturated heterocycles. The Labute approximate surface area is 121 Å². The Balaban J connectivity index is 3.06. The third-order valence-corrected chi connectivity index (χ3v) is 3.47. The highest BCUT2D eigenvalue weighted by molar-refractivity contribution is 7.18. The van der Waals surface area contributed by atoms with Crippen LogP contribution < -0.4 is 5.32 Å². The largest absolute Gasteiger partial charge is 0.459 e. The van der Waals surface area contributed by atoms with Gasteiger partial charge in [0.25, 0.3) is 0 Å². The van der Waals surface area contributed by atoms with Crippen LogP contribution in [0.1, 0.15) is 41.6 Å². The number of anilines is 1. The van der Waals surface area contributed by atoms with E-state index in [0.717, 1.165) is 11.3 Å². The van der Waals surface area contributed by atoms with E-state index in [1.54, 1.807) is 27.7 Å². The molecule has 0 aliphatic carbocycles. The summed E-state index contributed by atoms with van der Waals surface area (Å²) >= 11 is 1.01. The summed E-state index contributed by atoms with van der Waals surface area (Å²) in [4.78, 5) is 23.6. The van der Waals surface area contributed by atoms with Crippen LogP contribution in [0.4, 0.5) is 9.80 Å². The molecular weight excluding hydrogens is 280 g/mol. The van der Waals surface area contributed by atoms with E-state index in [9.17, 15) is 9.59 Å². The molecule has 0 bridgehead atoms. The number of nitriles is 1. The Morgan fingerprint density at radius 1 is 1.45 bits per heavy atom. The quantitative estimate of drug-likeness (QED) is 0.863. The molecule has 0 fully saturated rings. The van der Waals surface area contributed by atoms with Gasteiger partial charge in [-0.15, -0.1) is 11.3 Å². The van der Waals surface area contributed by atoms with Crippen LogP contribution in [0.25, 0.3) is 0 Å². The fraction of sp³-hybridized carbons (Fsp3) is 0.462. The molecule has 0 atom stereocenters. The highest BCUT2D eigenvalue weighted by Gasteiger charge is 2.23.